The first-order valence-corrected chi connectivity index (χ1v) is 6.69. The largest absolute Gasteiger partial charge is 0.463 e. The summed E-state index contributed by atoms with van der Waals surface area (Å²) in [5.74, 6) is -1.95. The molecule has 0 saturated heterocycles. The molecule has 114 valence electrons. The summed E-state index contributed by atoms with van der Waals surface area (Å²) >= 11 is 0. The van der Waals surface area contributed by atoms with Crippen LogP contribution in [0.5, 0.6) is 0 Å². The van der Waals surface area contributed by atoms with E-state index in [1.54, 1.807) is 0 Å². The Bertz CT molecular complexity index is 359. The Kier molecular flexibility index (Phi) is 10.00. The highest BCUT2D eigenvalue weighted by molar-refractivity contribution is 5.96. The summed E-state index contributed by atoms with van der Waals surface area (Å²) in [5.41, 5.74) is 0.132. The molecule has 0 radical (unpaired) electrons. The Morgan fingerprint density at radius 2 is 1.65 bits per heavy atom. The second kappa shape index (κ2) is 11.0. The third-order valence-corrected chi connectivity index (χ3v) is 2.19. The molecule has 0 bridgehead atoms. The first-order valence-electron chi connectivity index (χ1n) is 6.69. The maximum Gasteiger partial charge on any atom is 0.344 e. The van der Waals surface area contributed by atoms with Crippen LogP contribution in [0.1, 0.15) is 40.0 Å². The van der Waals surface area contributed by atoms with Crippen molar-refractivity contribution in [2.45, 2.75) is 40.0 Å². The first kappa shape index (κ1) is 18.1. The van der Waals surface area contributed by atoms with Crippen molar-refractivity contribution >= 4 is 17.9 Å². The summed E-state index contributed by atoms with van der Waals surface area (Å²) in [5, 5.41) is 0. The quantitative estimate of drug-likeness (QED) is 0.278. The van der Waals surface area contributed by atoms with Crippen LogP contribution < -0.4 is 0 Å². The highest BCUT2D eigenvalue weighted by Gasteiger charge is 2.10. The molecule has 0 fully saturated rings. The number of ether oxygens (including phenoxy) is 3. The average molecular weight is 286 g/mol. The lowest BCUT2D eigenvalue weighted by molar-refractivity contribution is -0.156. The van der Waals surface area contributed by atoms with Gasteiger partial charge in [0.15, 0.2) is 6.61 Å². The van der Waals surface area contributed by atoms with E-state index < -0.39 is 24.5 Å². The summed E-state index contributed by atoms with van der Waals surface area (Å²) in [6, 6.07) is 0. The Balaban J connectivity index is 4.05. The highest BCUT2D eigenvalue weighted by atomic mass is 16.6. The van der Waals surface area contributed by atoms with E-state index in [2.05, 4.69) is 4.74 Å². The number of hydrogen-bond acceptors (Lipinski definition) is 6. The smallest absolute Gasteiger partial charge is 0.344 e. The minimum atomic E-state index is -0.775. The van der Waals surface area contributed by atoms with Crippen molar-refractivity contribution in [1.29, 1.82) is 0 Å². The van der Waals surface area contributed by atoms with Gasteiger partial charge in [-0.25, -0.2) is 14.4 Å². The van der Waals surface area contributed by atoms with Crippen molar-refractivity contribution in [3.8, 4) is 0 Å². The number of esters is 3. The maximum absolute atomic E-state index is 11.4. The predicted octanol–water partition coefficient (Wildman–Crippen LogP) is 1.77. The lowest BCUT2D eigenvalue weighted by Gasteiger charge is -2.05. The van der Waals surface area contributed by atoms with Gasteiger partial charge in [0, 0.05) is 11.6 Å². The van der Waals surface area contributed by atoms with Gasteiger partial charge in [0.25, 0.3) is 0 Å². The van der Waals surface area contributed by atoms with Crippen molar-refractivity contribution in [2.75, 3.05) is 19.8 Å². The summed E-state index contributed by atoms with van der Waals surface area (Å²) < 4.78 is 14.3. The van der Waals surface area contributed by atoms with Gasteiger partial charge in [0.2, 0.25) is 0 Å². The molecule has 6 heteroatoms. The van der Waals surface area contributed by atoms with Crippen LogP contribution in [0, 0.1) is 0 Å². The summed E-state index contributed by atoms with van der Waals surface area (Å²) in [4.78, 5) is 33.9. The zero-order chi connectivity index (χ0) is 15.4. The molecule has 0 aromatic heterocycles. The molecule has 0 aliphatic heterocycles. The zero-order valence-corrected chi connectivity index (χ0v) is 12.3. The molecule has 0 aromatic carbocycles. The molecule has 20 heavy (non-hydrogen) atoms. The molecule has 6 nitrogen and oxygen atoms in total. The van der Waals surface area contributed by atoms with Gasteiger partial charge >= 0.3 is 17.9 Å². The fourth-order valence-electron chi connectivity index (χ4n) is 1.09. The van der Waals surface area contributed by atoms with Crippen molar-refractivity contribution in [3.63, 3.8) is 0 Å². The van der Waals surface area contributed by atoms with Crippen LogP contribution >= 0.6 is 0 Å². The van der Waals surface area contributed by atoms with Crippen molar-refractivity contribution < 1.29 is 28.6 Å². The minimum absolute atomic E-state index is 0.132. The van der Waals surface area contributed by atoms with Crippen LogP contribution in [-0.2, 0) is 28.6 Å². The van der Waals surface area contributed by atoms with E-state index in [1.807, 2.05) is 13.8 Å². The molecule has 0 aliphatic rings. The molecule has 0 atom stereocenters. The first-order chi connectivity index (χ1) is 9.51. The van der Waals surface area contributed by atoms with Crippen LogP contribution in [0.25, 0.3) is 0 Å². The monoisotopic (exact) mass is 286 g/mol. The molecule has 0 aliphatic carbocycles. The summed E-state index contributed by atoms with van der Waals surface area (Å²) in [6.45, 7) is 5.42. The fraction of sp³-hybridized carbons (Fsp3) is 0.643. The Hall–Kier alpha value is -1.85. The van der Waals surface area contributed by atoms with E-state index in [0.717, 1.165) is 18.9 Å². The summed E-state index contributed by atoms with van der Waals surface area (Å²) in [7, 11) is 0. The Labute approximate surface area is 119 Å². The Morgan fingerprint density at radius 1 is 0.950 bits per heavy atom. The highest BCUT2D eigenvalue weighted by Crippen LogP contribution is 2.00. The lowest BCUT2D eigenvalue weighted by atomic mass is 10.3. The van der Waals surface area contributed by atoms with Crippen molar-refractivity contribution in [2.24, 2.45) is 0 Å². The molecular formula is C14H22O6. The van der Waals surface area contributed by atoms with Crippen molar-refractivity contribution in [3.05, 3.63) is 11.6 Å². The van der Waals surface area contributed by atoms with Crippen LogP contribution in [0.3, 0.4) is 0 Å². The van der Waals surface area contributed by atoms with Crippen LogP contribution in [0.15, 0.2) is 11.6 Å². The zero-order valence-electron chi connectivity index (χ0n) is 12.3. The number of carbonyl (C=O) groups excluding carboxylic acids is 3. The summed E-state index contributed by atoms with van der Waals surface area (Å²) in [6.07, 6.45) is 3.38. The van der Waals surface area contributed by atoms with E-state index in [1.165, 1.54) is 6.92 Å². The van der Waals surface area contributed by atoms with Gasteiger partial charge in [0.1, 0.15) is 0 Å². The predicted molar refractivity (Wildman–Crippen MR) is 71.8 cm³/mol. The lowest BCUT2D eigenvalue weighted by Crippen LogP contribution is -2.16. The SMILES string of the molecule is CCCCOC(=O)/C(C)=C\C(=O)OCC(=O)OCCC. The molecule has 0 aromatic rings. The van der Waals surface area contributed by atoms with Gasteiger partial charge in [-0.3, -0.25) is 0 Å². The van der Waals surface area contributed by atoms with Crippen LogP contribution in [-0.4, -0.2) is 37.7 Å². The number of rotatable bonds is 9. The maximum atomic E-state index is 11.4. The molecule has 0 spiro atoms. The molecule has 0 saturated carbocycles. The molecule has 0 rings (SSSR count). The minimum Gasteiger partial charge on any atom is -0.463 e. The van der Waals surface area contributed by atoms with E-state index >= 15 is 0 Å². The van der Waals surface area contributed by atoms with Crippen molar-refractivity contribution in [1.82, 2.24) is 0 Å². The number of carbonyl (C=O) groups is 3. The van der Waals surface area contributed by atoms with Crippen LogP contribution in [0.4, 0.5) is 0 Å². The average Bonchev–Trinajstić information content (AvgIpc) is 2.42. The van der Waals surface area contributed by atoms with E-state index in [0.29, 0.717) is 13.0 Å². The van der Waals surface area contributed by atoms with E-state index in [9.17, 15) is 14.4 Å². The molecule has 0 N–H and O–H groups in total. The van der Waals surface area contributed by atoms with Gasteiger partial charge in [-0.2, -0.15) is 0 Å². The van der Waals surface area contributed by atoms with Gasteiger partial charge in [-0.1, -0.05) is 20.3 Å². The van der Waals surface area contributed by atoms with Gasteiger partial charge in [-0.15, -0.1) is 0 Å². The topological polar surface area (TPSA) is 78.9 Å². The molecule has 0 amide bonds. The third-order valence-electron chi connectivity index (χ3n) is 2.19. The molecule has 0 unspecified atom stereocenters. The number of unbranched alkanes of at least 4 members (excludes halogenated alkanes) is 1. The van der Waals surface area contributed by atoms with E-state index in [4.69, 9.17) is 9.47 Å². The fourth-order valence-corrected chi connectivity index (χ4v) is 1.09. The van der Waals surface area contributed by atoms with Gasteiger partial charge in [-0.05, 0) is 19.8 Å². The third kappa shape index (κ3) is 9.13. The molecule has 0 heterocycles. The standard InChI is InChI=1S/C14H22O6/c1-4-6-8-19-14(17)11(3)9-12(15)20-10-13(16)18-7-5-2/h9H,4-8,10H2,1-3H3/b11-9-. The van der Waals surface area contributed by atoms with Crippen LogP contribution in [0.2, 0.25) is 0 Å². The second-order valence-corrected chi connectivity index (χ2v) is 4.15. The van der Waals surface area contributed by atoms with Gasteiger partial charge in [0.05, 0.1) is 13.2 Å². The van der Waals surface area contributed by atoms with E-state index in [-0.39, 0.29) is 12.2 Å². The van der Waals surface area contributed by atoms with Gasteiger partial charge < -0.3 is 14.2 Å². The molecular weight excluding hydrogens is 264 g/mol. The second-order valence-electron chi connectivity index (χ2n) is 4.15. The normalized spacial score (nSPS) is 10.8. The number of hydrogen-bond donors (Lipinski definition) is 0. The Morgan fingerprint density at radius 3 is 2.25 bits per heavy atom.